The smallest absolute Gasteiger partial charge is 0.407 e. The van der Waals surface area contributed by atoms with Crippen molar-refractivity contribution in [2.45, 2.75) is 45.3 Å². The van der Waals surface area contributed by atoms with Gasteiger partial charge in [0.25, 0.3) is 10.2 Å². The van der Waals surface area contributed by atoms with Crippen LogP contribution in [0.25, 0.3) is 0 Å². The zero-order valence-electron chi connectivity index (χ0n) is 11.0. The number of rotatable bonds is 2. The molecular weight excluding hydrogens is 258 g/mol. The minimum atomic E-state index is -3.62. The molecule has 0 spiro atoms. The Morgan fingerprint density at radius 1 is 1.33 bits per heavy atom. The van der Waals surface area contributed by atoms with Crippen LogP contribution >= 0.6 is 0 Å². The normalized spacial score (nSPS) is 19.6. The minimum Gasteiger partial charge on any atom is -0.444 e. The molecule has 1 saturated heterocycles. The second-order valence-corrected chi connectivity index (χ2v) is 6.91. The van der Waals surface area contributed by atoms with Crippen molar-refractivity contribution in [2.75, 3.05) is 13.1 Å². The number of hydrogen-bond acceptors (Lipinski definition) is 4. The number of amides is 1. The van der Waals surface area contributed by atoms with Crippen molar-refractivity contribution in [3.63, 3.8) is 0 Å². The molecule has 0 aromatic heterocycles. The van der Waals surface area contributed by atoms with E-state index >= 15 is 0 Å². The van der Waals surface area contributed by atoms with Gasteiger partial charge in [-0.1, -0.05) is 0 Å². The highest BCUT2D eigenvalue weighted by molar-refractivity contribution is 7.86. The molecule has 0 bridgehead atoms. The lowest BCUT2D eigenvalue weighted by Crippen LogP contribution is -2.49. The predicted octanol–water partition coefficient (Wildman–Crippen LogP) is 0.179. The minimum absolute atomic E-state index is 0.0714. The number of nitrogens with one attached hydrogen (secondary N) is 1. The Balaban J connectivity index is 2.38. The van der Waals surface area contributed by atoms with E-state index in [1.807, 2.05) is 0 Å². The molecule has 8 heteroatoms. The van der Waals surface area contributed by atoms with Gasteiger partial charge in [0.15, 0.2) is 0 Å². The lowest BCUT2D eigenvalue weighted by Gasteiger charge is -2.30. The zero-order chi connectivity index (χ0) is 14.0. The molecule has 1 fully saturated rings. The summed E-state index contributed by atoms with van der Waals surface area (Å²) in [5.41, 5.74) is -0.536. The lowest BCUT2D eigenvalue weighted by atomic mass is 10.1. The van der Waals surface area contributed by atoms with Gasteiger partial charge in [0.1, 0.15) is 5.60 Å². The van der Waals surface area contributed by atoms with E-state index in [9.17, 15) is 13.2 Å². The van der Waals surface area contributed by atoms with Crippen molar-refractivity contribution in [3.05, 3.63) is 0 Å². The van der Waals surface area contributed by atoms with Gasteiger partial charge in [-0.25, -0.2) is 9.93 Å². The molecule has 0 atom stereocenters. The summed E-state index contributed by atoms with van der Waals surface area (Å²) in [4.78, 5) is 11.5. The molecule has 1 heterocycles. The number of carbonyl (C=O) groups is 1. The van der Waals surface area contributed by atoms with Crippen LogP contribution in [-0.4, -0.2) is 43.5 Å². The quantitative estimate of drug-likeness (QED) is 0.752. The van der Waals surface area contributed by atoms with E-state index in [2.05, 4.69) is 5.32 Å². The van der Waals surface area contributed by atoms with Gasteiger partial charge < -0.3 is 10.1 Å². The third-order valence-corrected chi connectivity index (χ3v) is 3.62. The third-order valence-electron chi connectivity index (χ3n) is 2.53. The predicted molar refractivity (Wildman–Crippen MR) is 67.1 cm³/mol. The molecule has 3 N–H and O–H groups in total. The van der Waals surface area contributed by atoms with Crippen LogP contribution in [0.15, 0.2) is 0 Å². The van der Waals surface area contributed by atoms with Crippen molar-refractivity contribution < 1.29 is 17.9 Å². The fraction of sp³-hybridized carbons (Fsp3) is 0.900. The molecule has 1 aliphatic heterocycles. The maximum atomic E-state index is 11.5. The molecule has 7 nitrogen and oxygen atoms in total. The van der Waals surface area contributed by atoms with Crippen molar-refractivity contribution >= 4 is 16.3 Å². The molecule has 0 unspecified atom stereocenters. The summed E-state index contributed by atoms with van der Waals surface area (Å²) in [6.45, 7) is 6.00. The summed E-state index contributed by atoms with van der Waals surface area (Å²) in [5, 5.41) is 7.75. The van der Waals surface area contributed by atoms with Crippen LogP contribution < -0.4 is 10.5 Å². The Morgan fingerprint density at radius 3 is 2.22 bits per heavy atom. The van der Waals surface area contributed by atoms with Gasteiger partial charge in [-0.3, -0.25) is 0 Å². The van der Waals surface area contributed by atoms with Crippen LogP contribution in [0, 0.1) is 0 Å². The van der Waals surface area contributed by atoms with Gasteiger partial charge in [0.05, 0.1) is 0 Å². The Labute approximate surface area is 108 Å². The first-order chi connectivity index (χ1) is 8.08. The van der Waals surface area contributed by atoms with Crippen molar-refractivity contribution in [2.24, 2.45) is 5.14 Å². The molecule has 18 heavy (non-hydrogen) atoms. The fourth-order valence-corrected chi connectivity index (χ4v) is 2.45. The van der Waals surface area contributed by atoms with Crippen LogP contribution in [0.2, 0.25) is 0 Å². The second kappa shape index (κ2) is 5.41. The van der Waals surface area contributed by atoms with Gasteiger partial charge in [-0.05, 0) is 33.6 Å². The molecule has 0 aromatic rings. The number of ether oxygens (including phenoxy) is 1. The van der Waals surface area contributed by atoms with Crippen molar-refractivity contribution in [1.82, 2.24) is 9.62 Å². The van der Waals surface area contributed by atoms with E-state index in [1.165, 1.54) is 4.31 Å². The maximum Gasteiger partial charge on any atom is 0.407 e. The summed E-state index contributed by atoms with van der Waals surface area (Å²) in [5.74, 6) is 0. The molecule has 1 rings (SSSR count). The first-order valence-corrected chi connectivity index (χ1v) is 7.35. The maximum absolute atomic E-state index is 11.5. The van der Waals surface area contributed by atoms with Crippen molar-refractivity contribution in [3.8, 4) is 0 Å². The number of piperidine rings is 1. The Morgan fingerprint density at radius 2 is 1.83 bits per heavy atom. The molecule has 1 aliphatic rings. The summed E-state index contributed by atoms with van der Waals surface area (Å²) in [6, 6.07) is -0.0714. The van der Waals surface area contributed by atoms with E-state index in [1.54, 1.807) is 20.8 Å². The van der Waals surface area contributed by atoms with E-state index in [4.69, 9.17) is 9.88 Å². The molecule has 0 radical (unpaired) electrons. The SMILES string of the molecule is CC(C)(C)OC(=O)NC1CCN(S(N)(=O)=O)CC1. The summed E-state index contributed by atoms with van der Waals surface area (Å²) < 4.78 is 28.5. The van der Waals surface area contributed by atoms with Gasteiger partial charge in [0.2, 0.25) is 0 Å². The second-order valence-electron chi connectivity index (χ2n) is 5.36. The summed E-state index contributed by atoms with van der Waals surface area (Å²) in [6.07, 6.45) is 0.599. The van der Waals surface area contributed by atoms with E-state index in [0.29, 0.717) is 25.9 Å². The average Bonchev–Trinajstić information content (AvgIpc) is 2.13. The number of nitrogens with two attached hydrogens (primary N) is 1. The highest BCUT2D eigenvalue weighted by Gasteiger charge is 2.27. The molecule has 1 amide bonds. The van der Waals surface area contributed by atoms with Crippen LogP contribution in [0.5, 0.6) is 0 Å². The third kappa shape index (κ3) is 5.19. The largest absolute Gasteiger partial charge is 0.444 e. The molecule has 0 saturated carbocycles. The summed E-state index contributed by atoms with van der Waals surface area (Å²) >= 11 is 0. The Kier molecular flexibility index (Phi) is 4.57. The molecule has 0 aliphatic carbocycles. The van der Waals surface area contributed by atoms with Gasteiger partial charge >= 0.3 is 6.09 Å². The van der Waals surface area contributed by atoms with Crippen LogP contribution in [0.4, 0.5) is 4.79 Å². The Hall–Kier alpha value is -0.860. The summed E-state index contributed by atoms with van der Waals surface area (Å²) in [7, 11) is -3.62. The van der Waals surface area contributed by atoms with Gasteiger partial charge in [0, 0.05) is 19.1 Å². The van der Waals surface area contributed by atoms with E-state index < -0.39 is 21.9 Å². The number of carbonyl (C=O) groups excluding carboxylic acids is 1. The van der Waals surface area contributed by atoms with E-state index in [0.717, 1.165) is 0 Å². The van der Waals surface area contributed by atoms with Crippen molar-refractivity contribution in [1.29, 1.82) is 0 Å². The first kappa shape index (κ1) is 15.2. The lowest BCUT2D eigenvalue weighted by molar-refractivity contribution is 0.0489. The van der Waals surface area contributed by atoms with Crippen LogP contribution in [-0.2, 0) is 14.9 Å². The fourth-order valence-electron chi connectivity index (χ4n) is 1.73. The number of hydrogen-bond donors (Lipinski definition) is 2. The first-order valence-electron chi connectivity index (χ1n) is 5.85. The van der Waals surface area contributed by atoms with Crippen LogP contribution in [0.3, 0.4) is 0 Å². The number of nitrogens with zero attached hydrogens (tertiary/aromatic N) is 1. The highest BCUT2D eigenvalue weighted by Crippen LogP contribution is 2.13. The van der Waals surface area contributed by atoms with Crippen LogP contribution in [0.1, 0.15) is 33.6 Å². The zero-order valence-corrected chi connectivity index (χ0v) is 11.8. The monoisotopic (exact) mass is 279 g/mol. The molecule has 106 valence electrons. The standard InChI is InChI=1S/C10H21N3O4S/c1-10(2,3)17-9(14)12-8-4-6-13(7-5-8)18(11,15)16/h8H,4-7H2,1-3H3,(H,12,14)(H2,11,15,16). The topological polar surface area (TPSA) is 102 Å². The molecular formula is C10H21N3O4S. The Bertz CT molecular complexity index is 394. The van der Waals surface area contributed by atoms with Gasteiger partial charge in [-0.2, -0.15) is 12.7 Å². The number of alkyl carbamates (subject to hydrolysis) is 1. The highest BCUT2D eigenvalue weighted by atomic mass is 32.2. The molecule has 0 aromatic carbocycles. The van der Waals surface area contributed by atoms with Gasteiger partial charge in [-0.15, -0.1) is 0 Å². The average molecular weight is 279 g/mol. The van der Waals surface area contributed by atoms with E-state index in [-0.39, 0.29) is 6.04 Å².